The lowest BCUT2D eigenvalue weighted by Crippen LogP contribution is -2.23. The quantitative estimate of drug-likeness (QED) is 0.488. The smallest absolute Gasteiger partial charge is 0.261 e. The van der Waals surface area contributed by atoms with Crippen LogP contribution in [0.3, 0.4) is 0 Å². The van der Waals surface area contributed by atoms with Gasteiger partial charge in [-0.3, -0.25) is 14.4 Å². The van der Waals surface area contributed by atoms with E-state index in [2.05, 4.69) is 27.1 Å². The van der Waals surface area contributed by atoms with Crippen LogP contribution >= 0.6 is 11.6 Å². The normalized spacial score (nSPS) is 14.2. The minimum Gasteiger partial charge on any atom is -0.348 e. The summed E-state index contributed by atoms with van der Waals surface area (Å²) in [6, 6.07) is 20.7. The fourth-order valence-corrected chi connectivity index (χ4v) is 5.16. The van der Waals surface area contributed by atoms with Gasteiger partial charge < -0.3 is 5.32 Å². The Bertz CT molecular complexity index is 1220. The number of hydrogen-bond acceptors (Lipinski definition) is 4. The first kappa shape index (κ1) is 23.3. The first-order valence-electron chi connectivity index (χ1n) is 10.9. The summed E-state index contributed by atoms with van der Waals surface area (Å²) in [5, 5.41) is 3.15. The second-order valence-corrected chi connectivity index (χ2v) is 10.2. The van der Waals surface area contributed by atoms with Crippen LogP contribution in [0.2, 0.25) is 5.02 Å². The summed E-state index contributed by atoms with van der Waals surface area (Å²) in [4.78, 5) is 15.1. The topological polar surface area (TPSA) is 78.5 Å². The van der Waals surface area contributed by atoms with Crippen LogP contribution in [0.4, 0.5) is 5.69 Å². The molecule has 0 spiro atoms. The Morgan fingerprint density at radius 1 is 0.909 bits per heavy atom. The molecular weight excluding hydrogens is 458 g/mol. The number of nitrogens with zero attached hydrogens (tertiary/aromatic N) is 1. The molecule has 8 heteroatoms. The van der Waals surface area contributed by atoms with Crippen LogP contribution in [0.5, 0.6) is 0 Å². The number of halogens is 1. The highest BCUT2D eigenvalue weighted by Gasteiger charge is 2.18. The van der Waals surface area contributed by atoms with E-state index in [9.17, 15) is 13.2 Å². The van der Waals surface area contributed by atoms with Crippen molar-refractivity contribution < 1.29 is 13.2 Å². The molecule has 0 aromatic heterocycles. The lowest BCUT2D eigenvalue weighted by molar-refractivity contribution is 0.0950. The number of likely N-dealkylation sites (tertiary alicyclic amines) is 1. The average molecular weight is 484 g/mol. The predicted molar refractivity (Wildman–Crippen MR) is 131 cm³/mol. The van der Waals surface area contributed by atoms with Crippen LogP contribution < -0.4 is 10.0 Å². The van der Waals surface area contributed by atoms with Crippen molar-refractivity contribution >= 4 is 33.2 Å². The third-order valence-electron chi connectivity index (χ3n) is 5.61. The van der Waals surface area contributed by atoms with Gasteiger partial charge in [0.2, 0.25) is 0 Å². The first-order chi connectivity index (χ1) is 15.9. The van der Waals surface area contributed by atoms with E-state index < -0.39 is 10.0 Å². The van der Waals surface area contributed by atoms with Crippen molar-refractivity contribution in [2.24, 2.45) is 0 Å². The molecule has 2 N–H and O–H groups in total. The third-order valence-corrected chi connectivity index (χ3v) is 7.30. The molecule has 1 fully saturated rings. The number of nitrogens with one attached hydrogen (secondary N) is 2. The standard InChI is InChI=1S/C25H26ClN3O3S/c26-23-8-1-2-9-24(23)28-33(31,32)22-7-5-6-21(16-22)25(30)27-17-19-10-12-20(13-11-19)18-29-14-3-4-15-29/h1-2,5-13,16,28H,3-4,14-15,17-18H2,(H,27,30). The Morgan fingerprint density at radius 2 is 1.61 bits per heavy atom. The van der Waals surface area contributed by atoms with Crippen LogP contribution in [0.1, 0.15) is 34.3 Å². The van der Waals surface area contributed by atoms with E-state index in [1.807, 2.05) is 12.1 Å². The van der Waals surface area contributed by atoms with Crippen LogP contribution in [0, 0.1) is 0 Å². The number of benzene rings is 3. The lowest BCUT2D eigenvalue weighted by Gasteiger charge is -2.14. The molecule has 6 nitrogen and oxygen atoms in total. The summed E-state index contributed by atoms with van der Waals surface area (Å²) in [7, 11) is -3.89. The molecule has 0 bridgehead atoms. The average Bonchev–Trinajstić information content (AvgIpc) is 3.33. The number of carbonyl (C=O) groups is 1. The van der Waals surface area contributed by atoms with Gasteiger partial charge >= 0.3 is 0 Å². The molecule has 33 heavy (non-hydrogen) atoms. The second kappa shape index (κ2) is 10.4. The van der Waals surface area contributed by atoms with Gasteiger partial charge in [-0.25, -0.2) is 8.42 Å². The van der Waals surface area contributed by atoms with E-state index in [4.69, 9.17) is 11.6 Å². The van der Waals surface area contributed by atoms with Crippen LogP contribution in [-0.4, -0.2) is 32.3 Å². The fraction of sp³-hybridized carbons (Fsp3) is 0.240. The van der Waals surface area contributed by atoms with Crippen molar-refractivity contribution in [2.45, 2.75) is 30.8 Å². The van der Waals surface area contributed by atoms with Gasteiger partial charge in [0.15, 0.2) is 0 Å². The molecule has 0 unspecified atom stereocenters. The summed E-state index contributed by atoms with van der Waals surface area (Å²) in [6.45, 7) is 3.62. The van der Waals surface area contributed by atoms with Gasteiger partial charge in [0.05, 0.1) is 15.6 Å². The Morgan fingerprint density at radius 3 is 2.33 bits per heavy atom. The van der Waals surface area contributed by atoms with Gasteiger partial charge in [-0.2, -0.15) is 0 Å². The molecule has 0 radical (unpaired) electrons. The summed E-state index contributed by atoms with van der Waals surface area (Å²) in [5.74, 6) is -0.342. The molecule has 3 aromatic carbocycles. The van der Waals surface area contributed by atoms with Crippen molar-refractivity contribution in [3.63, 3.8) is 0 Å². The van der Waals surface area contributed by atoms with E-state index in [0.717, 1.165) is 25.2 Å². The Kier molecular flexibility index (Phi) is 7.33. The molecule has 1 heterocycles. The zero-order valence-corrected chi connectivity index (χ0v) is 19.7. The van der Waals surface area contributed by atoms with Crippen molar-refractivity contribution in [2.75, 3.05) is 17.8 Å². The Balaban J connectivity index is 1.38. The Hall–Kier alpha value is -2.87. The van der Waals surface area contributed by atoms with E-state index in [1.54, 1.807) is 36.4 Å². The number of para-hydroxylation sites is 1. The Labute approximate surface area is 199 Å². The molecule has 0 saturated carbocycles. The number of sulfonamides is 1. The number of amides is 1. The maximum atomic E-state index is 12.8. The monoisotopic (exact) mass is 483 g/mol. The molecule has 3 aromatic rings. The minimum absolute atomic E-state index is 0.0127. The molecule has 1 saturated heterocycles. The molecular formula is C25H26ClN3O3S. The molecule has 1 aliphatic heterocycles. The number of carbonyl (C=O) groups excluding carboxylic acids is 1. The van der Waals surface area contributed by atoms with Gasteiger partial charge in [-0.05, 0) is 67.4 Å². The SMILES string of the molecule is O=C(NCc1ccc(CN2CCCC2)cc1)c1cccc(S(=O)(=O)Nc2ccccc2Cl)c1. The maximum Gasteiger partial charge on any atom is 0.261 e. The third kappa shape index (κ3) is 6.13. The van der Waals surface area contributed by atoms with Gasteiger partial charge in [0, 0.05) is 18.7 Å². The van der Waals surface area contributed by atoms with Gasteiger partial charge in [0.1, 0.15) is 0 Å². The summed E-state index contributed by atoms with van der Waals surface area (Å²) in [5.41, 5.74) is 2.79. The highest BCUT2D eigenvalue weighted by atomic mass is 35.5. The largest absolute Gasteiger partial charge is 0.348 e. The van der Waals surface area contributed by atoms with E-state index in [-0.39, 0.29) is 22.1 Å². The molecule has 0 aliphatic carbocycles. The molecule has 1 aliphatic rings. The van der Waals surface area contributed by atoms with Crippen LogP contribution in [0.25, 0.3) is 0 Å². The number of hydrogen-bond donors (Lipinski definition) is 2. The first-order valence-corrected chi connectivity index (χ1v) is 12.7. The summed E-state index contributed by atoms with van der Waals surface area (Å²) < 4.78 is 28.0. The number of rotatable bonds is 8. The van der Waals surface area contributed by atoms with E-state index in [1.165, 1.54) is 30.5 Å². The summed E-state index contributed by atoms with van der Waals surface area (Å²) in [6.07, 6.45) is 2.53. The van der Waals surface area contributed by atoms with Gasteiger partial charge in [-0.1, -0.05) is 54.1 Å². The molecule has 0 atom stereocenters. The lowest BCUT2D eigenvalue weighted by atomic mass is 10.1. The highest BCUT2D eigenvalue weighted by Crippen LogP contribution is 2.24. The van der Waals surface area contributed by atoms with Crippen molar-refractivity contribution in [1.29, 1.82) is 0 Å². The maximum absolute atomic E-state index is 12.8. The highest BCUT2D eigenvalue weighted by molar-refractivity contribution is 7.92. The fourth-order valence-electron chi connectivity index (χ4n) is 3.80. The molecule has 1 amide bonds. The minimum atomic E-state index is -3.89. The van der Waals surface area contributed by atoms with Crippen molar-refractivity contribution in [1.82, 2.24) is 10.2 Å². The van der Waals surface area contributed by atoms with Crippen LogP contribution in [-0.2, 0) is 23.1 Å². The molecule has 172 valence electrons. The van der Waals surface area contributed by atoms with E-state index in [0.29, 0.717) is 11.6 Å². The number of anilines is 1. The zero-order chi connectivity index (χ0) is 23.3. The predicted octanol–water partition coefficient (Wildman–Crippen LogP) is 4.67. The second-order valence-electron chi connectivity index (χ2n) is 8.10. The van der Waals surface area contributed by atoms with E-state index >= 15 is 0 Å². The van der Waals surface area contributed by atoms with Crippen molar-refractivity contribution in [3.8, 4) is 0 Å². The van der Waals surface area contributed by atoms with Crippen LogP contribution in [0.15, 0.2) is 77.7 Å². The molecule has 4 rings (SSSR count). The summed E-state index contributed by atoms with van der Waals surface area (Å²) >= 11 is 6.06. The van der Waals surface area contributed by atoms with Gasteiger partial charge in [-0.15, -0.1) is 0 Å². The van der Waals surface area contributed by atoms with Gasteiger partial charge in [0.25, 0.3) is 15.9 Å². The van der Waals surface area contributed by atoms with Crippen molar-refractivity contribution in [3.05, 3.63) is 94.5 Å². The zero-order valence-electron chi connectivity index (χ0n) is 18.1.